The van der Waals surface area contributed by atoms with E-state index >= 15 is 0 Å². The lowest BCUT2D eigenvalue weighted by molar-refractivity contribution is -0.137. The standard InChI is InChI=1S/C13H15NO5/c15-12(3-1-2-4-13(16)17)14-9-5-6-10-11(7-9)19-8-18-10/h5-7H,1-4,8H2,(H,14,15)(H,16,17). The van der Waals surface area contributed by atoms with Crippen LogP contribution >= 0.6 is 0 Å². The van der Waals surface area contributed by atoms with E-state index < -0.39 is 5.97 Å². The summed E-state index contributed by atoms with van der Waals surface area (Å²) in [5.41, 5.74) is 0.646. The third-order valence-electron chi connectivity index (χ3n) is 2.70. The van der Waals surface area contributed by atoms with Crippen molar-refractivity contribution in [3.05, 3.63) is 18.2 Å². The molecule has 0 aliphatic carbocycles. The summed E-state index contributed by atoms with van der Waals surface area (Å²) in [6.07, 6.45) is 1.46. The zero-order valence-electron chi connectivity index (χ0n) is 10.3. The van der Waals surface area contributed by atoms with Gasteiger partial charge >= 0.3 is 5.97 Å². The Kier molecular flexibility index (Phi) is 4.22. The van der Waals surface area contributed by atoms with E-state index in [-0.39, 0.29) is 19.1 Å². The highest BCUT2D eigenvalue weighted by Crippen LogP contribution is 2.34. The maximum absolute atomic E-state index is 11.6. The van der Waals surface area contributed by atoms with Crippen LogP contribution in [0.3, 0.4) is 0 Å². The molecular formula is C13H15NO5. The predicted molar refractivity (Wildman–Crippen MR) is 67.3 cm³/mol. The number of aliphatic carboxylic acids is 1. The van der Waals surface area contributed by atoms with Crippen LogP contribution in [0.1, 0.15) is 25.7 Å². The van der Waals surface area contributed by atoms with Gasteiger partial charge in [-0.3, -0.25) is 9.59 Å². The first-order valence-corrected chi connectivity index (χ1v) is 6.06. The monoisotopic (exact) mass is 265 g/mol. The molecule has 6 heteroatoms. The number of benzene rings is 1. The fourth-order valence-electron chi connectivity index (χ4n) is 1.76. The maximum Gasteiger partial charge on any atom is 0.303 e. The van der Waals surface area contributed by atoms with Crippen molar-refractivity contribution < 1.29 is 24.2 Å². The zero-order valence-corrected chi connectivity index (χ0v) is 10.3. The number of carboxylic acid groups (broad SMARTS) is 1. The molecule has 2 rings (SSSR count). The SMILES string of the molecule is O=C(O)CCCCC(=O)Nc1ccc2c(c1)OCO2. The van der Waals surface area contributed by atoms with Gasteiger partial charge in [0.15, 0.2) is 11.5 Å². The van der Waals surface area contributed by atoms with E-state index in [0.29, 0.717) is 36.4 Å². The summed E-state index contributed by atoms with van der Waals surface area (Å²) >= 11 is 0. The minimum absolute atomic E-state index is 0.0945. The van der Waals surface area contributed by atoms with Crippen LogP contribution in [0.4, 0.5) is 5.69 Å². The highest BCUT2D eigenvalue weighted by Gasteiger charge is 2.14. The molecule has 1 aliphatic heterocycles. The van der Waals surface area contributed by atoms with Gasteiger partial charge in [0.2, 0.25) is 12.7 Å². The van der Waals surface area contributed by atoms with Crippen LogP contribution in [0, 0.1) is 0 Å². The van der Waals surface area contributed by atoms with Crippen LogP contribution in [0.2, 0.25) is 0 Å². The van der Waals surface area contributed by atoms with Crippen molar-refractivity contribution in [1.29, 1.82) is 0 Å². The van der Waals surface area contributed by atoms with Crippen LogP contribution in [0.25, 0.3) is 0 Å². The molecule has 0 aromatic heterocycles. The molecule has 1 heterocycles. The van der Waals surface area contributed by atoms with Crippen molar-refractivity contribution in [2.24, 2.45) is 0 Å². The molecule has 1 aromatic carbocycles. The molecule has 0 saturated carbocycles. The average Bonchev–Trinajstić information content (AvgIpc) is 2.82. The van der Waals surface area contributed by atoms with Gasteiger partial charge < -0.3 is 19.9 Å². The molecule has 0 fully saturated rings. The average molecular weight is 265 g/mol. The van der Waals surface area contributed by atoms with Gasteiger partial charge in [-0.15, -0.1) is 0 Å². The Labute approximate surface area is 110 Å². The molecule has 6 nitrogen and oxygen atoms in total. The second-order valence-corrected chi connectivity index (χ2v) is 4.22. The molecule has 0 atom stereocenters. The number of hydrogen-bond donors (Lipinski definition) is 2. The number of ether oxygens (including phenoxy) is 2. The van der Waals surface area contributed by atoms with E-state index in [1.165, 1.54) is 0 Å². The van der Waals surface area contributed by atoms with E-state index in [1.54, 1.807) is 18.2 Å². The number of anilines is 1. The zero-order chi connectivity index (χ0) is 13.7. The first kappa shape index (κ1) is 13.2. The van der Waals surface area contributed by atoms with Crippen molar-refractivity contribution in [3.8, 4) is 11.5 Å². The Morgan fingerprint density at radius 1 is 1.16 bits per heavy atom. The predicted octanol–water partition coefficient (Wildman–Crippen LogP) is 2.00. The molecule has 0 unspecified atom stereocenters. The third-order valence-corrected chi connectivity index (χ3v) is 2.70. The van der Waals surface area contributed by atoms with Crippen molar-refractivity contribution in [3.63, 3.8) is 0 Å². The van der Waals surface area contributed by atoms with E-state index in [0.717, 1.165) is 0 Å². The fourth-order valence-corrected chi connectivity index (χ4v) is 1.76. The lowest BCUT2D eigenvalue weighted by Crippen LogP contribution is -2.11. The van der Waals surface area contributed by atoms with Gasteiger partial charge in [0.05, 0.1) is 0 Å². The van der Waals surface area contributed by atoms with Crippen LogP contribution in [0.15, 0.2) is 18.2 Å². The Balaban J connectivity index is 1.77. The van der Waals surface area contributed by atoms with Crippen molar-refractivity contribution in [1.82, 2.24) is 0 Å². The molecule has 1 aromatic rings. The van der Waals surface area contributed by atoms with Crippen molar-refractivity contribution in [2.75, 3.05) is 12.1 Å². The van der Waals surface area contributed by atoms with Crippen LogP contribution in [0.5, 0.6) is 11.5 Å². The van der Waals surface area contributed by atoms with Crippen LogP contribution in [-0.2, 0) is 9.59 Å². The van der Waals surface area contributed by atoms with E-state index in [9.17, 15) is 9.59 Å². The topological polar surface area (TPSA) is 84.9 Å². The Bertz CT molecular complexity index is 486. The van der Waals surface area contributed by atoms with E-state index in [4.69, 9.17) is 14.6 Å². The lowest BCUT2D eigenvalue weighted by atomic mass is 10.2. The van der Waals surface area contributed by atoms with E-state index in [1.807, 2.05) is 0 Å². The summed E-state index contributed by atoms with van der Waals surface area (Å²) in [5, 5.41) is 11.2. The molecule has 0 bridgehead atoms. The molecule has 1 aliphatic rings. The van der Waals surface area contributed by atoms with Gasteiger partial charge in [0.1, 0.15) is 0 Å². The first-order valence-electron chi connectivity index (χ1n) is 6.06. The number of nitrogens with one attached hydrogen (secondary N) is 1. The number of fused-ring (bicyclic) bond motifs is 1. The summed E-state index contributed by atoms with van der Waals surface area (Å²) in [5.74, 6) is 0.309. The van der Waals surface area contributed by atoms with Gasteiger partial charge in [-0.05, 0) is 25.0 Å². The number of amides is 1. The van der Waals surface area contributed by atoms with Crippen LogP contribution in [-0.4, -0.2) is 23.8 Å². The minimum atomic E-state index is -0.837. The van der Waals surface area contributed by atoms with Gasteiger partial charge in [-0.1, -0.05) is 0 Å². The second-order valence-electron chi connectivity index (χ2n) is 4.22. The quantitative estimate of drug-likeness (QED) is 0.768. The van der Waals surface area contributed by atoms with Crippen molar-refractivity contribution >= 4 is 17.6 Å². The van der Waals surface area contributed by atoms with Crippen molar-refractivity contribution in [2.45, 2.75) is 25.7 Å². The molecule has 1 amide bonds. The number of unbranched alkanes of at least 4 members (excludes halogenated alkanes) is 1. The lowest BCUT2D eigenvalue weighted by Gasteiger charge is -2.05. The number of hydrogen-bond acceptors (Lipinski definition) is 4. The fraction of sp³-hybridized carbons (Fsp3) is 0.385. The Morgan fingerprint density at radius 3 is 2.68 bits per heavy atom. The summed E-state index contributed by atoms with van der Waals surface area (Å²) in [6.45, 7) is 0.196. The first-order chi connectivity index (χ1) is 9.15. The minimum Gasteiger partial charge on any atom is -0.481 e. The molecule has 2 N–H and O–H groups in total. The molecule has 0 saturated heterocycles. The summed E-state index contributed by atoms with van der Waals surface area (Å²) in [4.78, 5) is 21.9. The van der Waals surface area contributed by atoms with Gasteiger partial charge in [0.25, 0.3) is 0 Å². The van der Waals surface area contributed by atoms with Crippen LogP contribution < -0.4 is 14.8 Å². The summed E-state index contributed by atoms with van der Waals surface area (Å²) < 4.78 is 10.4. The number of carboxylic acids is 1. The number of carbonyl (C=O) groups excluding carboxylic acids is 1. The maximum atomic E-state index is 11.6. The Hall–Kier alpha value is -2.24. The molecular weight excluding hydrogens is 250 g/mol. The third kappa shape index (κ3) is 3.87. The number of rotatable bonds is 6. The molecule has 102 valence electrons. The highest BCUT2D eigenvalue weighted by molar-refractivity contribution is 5.91. The molecule has 0 spiro atoms. The van der Waals surface area contributed by atoms with E-state index in [2.05, 4.69) is 5.32 Å². The second kappa shape index (κ2) is 6.08. The van der Waals surface area contributed by atoms with Gasteiger partial charge in [-0.25, -0.2) is 0 Å². The molecule has 19 heavy (non-hydrogen) atoms. The summed E-state index contributed by atoms with van der Waals surface area (Å²) in [7, 11) is 0. The van der Waals surface area contributed by atoms with Gasteiger partial charge in [-0.2, -0.15) is 0 Å². The normalized spacial score (nSPS) is 12.2. The number of carbonyl (C=O) groups is 2. The summed E-state index contributed by atoms with van der Waals surface area (Å²) in [6, 6.07) is 5.18. The molecule has 0 radical (unpaired) electrons. The smallest absolute Gasteiger partial charge is 0.303 e. The Morgan fingerprint density at radius 2 is 1.89 bits per heavy atom. The largest absolute Gasteiger partial charge is 0.481 e. The van der Waals surface area contributed by atoms with Gasteiger partial charge in [0, 0.05) is 24.6 Å². The highest BCUT2D eigenvalue weighted by atomic mass is 16.7.